The number of hydrogen-bond donors (Lipinski definition) is 2. The van der Waals surface area contributed by atoms with Crippen LogP contribution in [0.4, 0.5) is 0 Å². The van der Waals surface area contributed by atoms with Crippen LogP contribution in [0.1, 0.15) is 0 Å². The van der Waals surface area contributed by atoms with Crippen LogP contribution in [0.5, 0.6) is 0 Å². The molecule has 0 spiro atoms. The number of imidazole rings is 4. The van der Waals surface area contributed by atoms with E-state index >= 15 is 0 Å². The van der Waals surface area contributed by atoms with Gasteiger partial charge in [-0.15, -0.1) is 0 Å². The zero-order chi connectivity index (χ0) is 14.1. The first-order chi connectivity index (χ1) is 10.0. The van der Waals surface area contributed by atoms with E-state index in [1.165, 1.54) is 12.7 Å². The molecule has 0 amide bonds. The van der Waals surface area contributed by atoms with E-state index in [1.54, 1.807) is 37.4 Å². The Morgan fingerprint density at radius 2 is 1.24 bits per heavy atom. The molecule has 0 saturated heterocycles. The fraction of sp³-hybridized carbons (Fsp3) is 0. The van der Waals surface area contributed by atoms with Gasteiger partial charge in [0, 0.05) is 0 Å². The van der Waals surface area contributed by atoms with Crippen LogP contribution in [0.15, 0.2) is 74.9 Å². The van der Waals surface area contributed by atoms with Crippen molar-refractivity contribution in [2.45, 2.75) is 0 Å². The van der Waals surface area contributed by atoms with Crippen LogP contribution in [-0.4, -0.2) is 65.4 Å². The fourth-order valence-electron chi connectivity index (χ4n) is 0.866. The van der Waals surface area contributed by atoms with E-state index < -0.39 is 0 Å². The van der Waals surface area contributed by atoms with Gasteiger partial charge in [0.15, 0.2) is 0 Å². The molecule has 9 heteroatoms. The average molecular weight is 360 g/mol. The van der Waals surface area contributed by atoms with E-state index in [9.17, 15) is 0 Å². The zero-order valence-corrected chi connectivity index (χ0v) is 14.9. The predicted molar refractivity (Wildman–Crippen MR) is 75.6 cm³/mol. The van der Waals surface area contributed by atoms with Gasteiger partial charge in [-0.3, -0.25) is 19.9 Å². The van der Waals surface area contributed by atoms with Crippen LogP contribution in [-0.2, 0) is 0 Å². The van der Waals surface area contributed by atoms with Gasteiger partial charge >= 0.3 is 45.5 Å². The molecule has 104 valence electrons. The summed E-state index contributed by atoms with van der Waals surface area (Å²) >= 11 is 0. The normalized spacial score (nSPS) is 7.62. The van der Waals surface area contributed by atoms with Gasteiger partial charge in [0.25, 0.3) is 0 Å². The largest absolute Gasteiger partial charge is 2.00 e. The summed E-state index contributed by atoms with van der Waals surface area (Å²) in [6.45, 7) is 0. The molecule has 0 aliphatic rings. The first-order valence-electron chi connectivity index (χ1n) is 5.71. The topological polar surface area (TPSA) is 114 Å². The van der Waals surface area contributed by atoms with Crippen molar-refractivity contribution in [2.24, 2.45) is 0 Å². The molecule has 0 aliphatic carbocycles. The molecule has 4 heterocycles. The number of nitrogens with zero attached hydrogens (tertiary/aromatic N) is 4. The summed E-state index contributed by atoms with van der Waals surface area (Å²) in [5.41, 5.74) is 0. The second-order valence-electron chi connectivity index (χ2n) is 3.05. The van der Waals surface area contributed by atoms with E-state index in [4.69, 9.17) is 0 Å². The van der Waals surface area contributed by atoms with Crippen LogP contribution in [0.25, 0.3) is 0 Å². The minimum absolute atomic E-state index is 0. The fourth-order valence-corrected chi connectivity index (χ4v) is 0.866. The molecule has 8 nitrogen and oxygen atoms in total. The molecule has 0 aromatic carbocycles. The van der Waals surface area contributed by atoms with Crippen molar-refractivity contribution >= 4 is 45.5 Å². The summed E-state index contributed by atoms with van der Waals surface area (Å²) in [7, 11) is 0. The Hall–Kier alpha value is -1.68. The Balaban J connectivity index is 0.000000250. The van der Waals surface area contributed by atoms with Crippen molar-refractivity contribution in [3.05, 3.63) is 74.9 Å². The second-order valence-corrected chi connectivity index (χ2v) is 3.05. The molecule has 0 bridgehead atoms. The van der Waals surface area contributed by atoms with Crippen LogP contribution < -0.4 is 19.9 Å². The van der Waals surface area contributed by atoms with E-state index in [0.29, 0.717) is 0 Å². The van der Waals surface area contributed by atoms with Crippen molar-refractivity contribution < 1.29 is 9.97 Å². The number of aromatic amines is 4. The molecule has 4 N–H and O–H groups in total. The van der Waals surface area contributed by atoms with E-state index in [2.05, 4.69) is 39.9 Å². The molecule has 4 aromatic heterocycles. The maximum absolute atomic E-state index is 3.61. The van der Waals surface area contributed by atoms with Crippen LogP contribution >= 0.6 is 0 Å². The smallest absolute Gasteiger partial charge is 0.450 e. The minimum atomic E-state index is 0. The van der Waals surface area contributed by atoms with Crippen molar-refractivity contribution in [1.82, 2.24) is 29.9 Å². The molecular formula is C12H16N8Sr+2. The Bertz CT molecular complexity index is 356. The molecule has 4 rings (SSSR count). The summed E-state index contributed by atoms with van der Waals surface area (Å²) in [5, 5.41) is 0. The minimum Gasteiger partial charge on any atom is -0.450 e. The summed E-state index contributed by atoms with van der Waals surface area (Å²) in [6, 6.07) is 0. The third kappa shape index (κ3) is 14.5. The van der Waals surface area contributed by atoms with E-state index in [0.717, 1.165) is 0 Å². The van der Waals surface area contributed by atoms with Gasteiger partial charge in [-0.2, -0.15) is 0 Å². The number of nitrogens with one attached hydrogen (secondary N) is 4. The van der Waals surface area contributed by atoms with Gasteiger partial charge in [0.05, 0.1) is 0 Å². The standard InChI is InChI=1S/2C3H4N2.2C3H3N2.Sr/c4*1-2-5-3-4-1;/h2*1-3H,(H,4,5);2*1-3H;/q;;2*-1;+2/p+2. The molecule has 21 heavy (non-hydrogen) atoms. The molecule has 0 aliphatic heterocycles. The molecule has 0 fully saturated rings. The summed E-state index contributed by atoms with van der Waals surface area (Å²) in [4.78, 5) is 25.7. The van der Waals surface area contributed by atoms with Gasteiger partial charge < -0.3 is 19.9 Å². The number of hydrogen-bond acceptors (Lipinski definition) is 2. The Kier molecular flexibility index (Phi) is 15.1. The van der Waals surface area contributed by atoms with Gasteiger partial charge in [0.2, 0.25) is 12.7 Å². The molecule has 0 radical (unpaired) electrons. The summed E-state index contributed by atoms with van der Waals surface area (Å²) in [6.07, 6.45) is 20.3. The Morgan fingerprint density at radius 3 is 1.33 bits per heavy atom. The maximum atomic E-state index is 3.61. The third-order valence-corrected chi connectivity index (χ3v) is 1.63. The Morgan fingerprint density at radius 1 is 0.762 bits per heavy atom. The predicted octanol–water partition coefficient (Wildman–Crippen LogP) is -0.646. The number of H-pyrrole nitrogens is 4. The van der Waals surface area contributed by atoms with Crippen molar-refractivity contribution in [3.63, 3.8) is 0 Å². The maximum Gasteiger partial charge on any atom is 2.00 e. The average Bonchev–Trinajstić information content (AvgIpc) is 3.40. The van der Waals surface area contributed by atoms with E-state index in [1.807, 2.05) is 24.8 Å². The quantitative estimate of drug-likeness (QED) is 0.406. The molecule has 0 unspecified atom stereocenters. The summed E-state index contributed by atoms with van der Waals surface area (Å²) < 4.78 is 0. The summed E-state index contributed by atoms with van der Waals surface area (Å²) in [5.74, 6) is 0. The van der Waals surface area contributed by atoms with Crippen molar-refractivity contribution in [1.29, 1.82) is 0 Å². The zero-order valence-electron chi connectivity index (χ0n) is 11.4. The first kappa shape index (κ1) is 19.3. The van der Waals surface area contributed by atoms with Gasteiger partial charge in [-0.25, -0.2) is 0 Å². The first-order valence-corrected chi connectivity index (χ1v) is 5.71. The Labute approximate surface area is 159 Å². The SMILES string of the molecule is [Sr+2].c1c[n-]cn1.c1c[n-]cn1.c1c[nH+]c[nH]1.c1c[nH+]c[nH]1. The van der Waals surface area contributed by atoms with Crippen molar-refractivity contribution in [3.8, 4) is 0 Å². The monoisotopic (exact) mass is 360 g/mol. The molecule has 0 saturated carbocycles. The molecule has 0 atom stereocenters. The third-order valence-electron chi connectivity index (χ3n) is 1.63. The molecule has 4 aromatic rings. The number of rotatable bonds is 0. The van der Waals surface area contributed by atoms with Gasteiger partial charge in [0.1, 0.15) is 24.8 Å². The molecular weight excluding hydrogens is 344 g/mol. The van der Waals surface area contributed by atoms with E-state index in [-0.39, 0.29) is 45.5 Å². The van der Waals surface area contributed by atoms with Crippen LogP contribution in [0.2, 0.25) is 0 Å². The second kappa shape index (κ2) is 16.4. The van der Waals surface area contributed by atoms with Gasteiger partial charge in [-0.05, 0) is 0 Å². The van der Waals surface area contributed by atoms with Crippen LogP contribution in [0, 0.1) is 0 Å². The van der Waals surface area contributed by atoms with Crippen LogP contribution in [0.3, 0.4) is 0 Å². The van der Waals surface area contributed by atoms with Crippen molar-refractivity contribution in [2.75, 3.05) is 0 Å². The van der Waals surface area contributed by atoms with Gasteiger partial charge in [-0.1, -0.05) is 37.4 Å². The number of aromatic nitrogens is 8.